The summed E-state index contributed by atoms with van der Waals surface area (Å²) in [5, 5.41) is 2.92. The number of carbonyl (C=O) groups is 1. The van der Waals surface area contributed by atoms with E-state index in [2.05, 4.69) is 5.32 Å². The van der Waals surface area contributed by atoms with Gasteiger partial charge >= 0.3 is 0 Å². The summed E-state index contributed by atoms with van der Waals surface area (Å²) >= 11 is 0. The van der Waals surface area contributed by atoms with Crippen LogP contribution in [-0.2, 0) is 20.7 Å². The Kier molecular flexibility index (Phi) is 9.24. The molecule has 0 radical (unpaired) electrons. The van der Waals surface area contributed by atoms with Crippen molar-refractivity contribution in [2.75, 3.05) is 39.2 Å². The zero-order valence-electron chi connectivity index (χ0n) is 12.8. The van der Waals surface area contributed by atoms with Crippen LogP contribution in [0.15, 0.2) is 24.3 Å². The van der Waals surface area contributed by atoms with Crippen molar-refractivity contribution in [1.82, 2.24) is 5.32 Å². The molecule has 118 valence electrons. The average Bonchev–Trinajstić information content (AvgIpc) is 2.48. The highest BCUT2D eigenvalue weighted by Gasteiger charge is 2.02. The lowest BCUT2D eigenvalue weighted by Crippen LogP contribution is -2.24. The molecule has 5 heteroatoms. The molecule has 3 N–H and O–H groups in total. The molecule has 0 aliphatic carbocycles. The zero-order chi connectivity index (χ0) is 15.3. The van der Waals surface area contributed by atoms with Crippen LogP contribution >= 0.6 is 0 Å². The van der Waals surface area contributed by atoms with Gasteiger partial charge in [-0.15, -0.1) is 0 Å². The highest BCUT2D eigenvalue weighted by Crippen LogP contribution is 2.08. The van der Waals surface area contributed by atoms with Crippen LogP contribution < -0.4 is 11.1 Å². The van der Waals surface area contributed by atoms with Crippen LogP contribution in [0.1, 0.15) is 24.8 Å². The first-order valence-corrected chi connectivity index (χ1v) is 7.40. The van der Waals surface area contributed by atoms with E-state index in [4.69, 9.17) is 15.2 Å². The predicted molar refractivity (Wildman–Crippen MR) is 84.1 cm³/mol. The Morgan fingerprint density at radius 1 is 1.24 bits per heavy atom. The number of hydrogen-bond acceptors (Lipinski definition) is 4. The van der Waals surface area contributed by atoms with Crippen molar-refractivity contribution in [1.29, 1.82) is 0 Å². The fourth-order valence-electron chi connectivity index (χ4n) is 1.90. The molecule has 1 aromatic rings. The van der Waals surface area contributed by atoms with Crippen LogP contribution in [0.2, 0.25) is 0 Å². The number of benzene rings is 1. The number of rotatable bonds is 11. The lowest BCUT2D eigenvalue weighted by atomic mass is 10.1. The molecule has 0 bridgehead atoms. The Morgan fingerprint density at radius 2 is 2.10 bits per heavy atom. The molecule has 1 rings (SSSR count). The molecule has 0 spiro atoms. The Labute approximate surface area is 126 Å². The molecule has 0 fully saturated rings. The highest BCUT2D eigenvalue weighted by molar-refractivity contribution is 5.76. The molecule has 0 atom stereocenters. The molecule has 0 unspecified atom stereocenters. The maximum absolute atomic E-state index is 11.7. The normalized spacial score (nSPS) is 10.5. The second-order valence-corrected chi connectivity index (χ2v) is 4.91. The number of amides is 1. The van der Waals surface area contributed by atoms with E-state index in [1.807, 2.05) is 24.3 Å². The van der Waals surface area contributed by atoms with Crippen LogP contribution in [0.4, 0.5) is 5.69 Å². The minimum absolute atomic E-state index is 0.0812. The van der Waals surface area contributed by atoms with Crippen LogP contribution in [0.25, 0.3) is 0 Å². The number of aryl methyl sites for hydroxylation is 1. The van der Waals surface area contributed by atoms with Crippen molar-refractivity contribution in [3.63, 3.8) is 0 Å². The quantitative estimate of drug-likeness (QED) is 0.482. The molecule has 0 aliphatic rings. The van der Waals surface area contributed by atoms with Crippen LogP contribution in [0.3, 0.4) is 0 Å². The second-order valence-electron chi connectivity index (χ2n) is 4.91. The van der Waals surface area contributed by atoms with E-state index in [0.717, 1.165) is 30.5 Å². The fourth-order valence-corrected chi connectivity index (χ4v) is 1.90. The molecular weight excluding hydrogens is 268 g/mol. The first-order valence-electron chi connectivity index (χ1n) is 7.40. The monoisotopic (exact) mass is 294 g/mol. The van der Waals surface area contributed by atoms with Crippen LogP contribution in [0, 0.1) is 0 Å². The van der Waals surface area contributed by atoms with Gasteiger partial charge < -0.3 is 20.5 Å². The topological polar surface area (TPSA) is 73.6 Å². The highest BCUT2D eigenvalue weighted by atomic mass is 16.5. The van der Waals surface area contributed by atoms with Crippen LogP contribution in [0.5, 0.6) is 0 Å². The summed E-state index contributed by atoms with van der Waals surface area (Å²) in [5.41, 5.74) is 7.53. The lowest BCUT2D eigenvalue weighted by Gasteiger charge is -2.06. The molecule has 0 aliphatic heterocycles. The number of anilines is 1. The van der Waals surface area contributed by atoms with E-state index in [9.17, 15) is 4.79 Å². The maximum atomic E-state index is 11.7. The SMILES string of the molecule is COCCOCCCCNC(=O)CCc1cccc(N)c1. The summed E-state index contributed by atoms with van der Waals surface area (Å²) in [6.45, 7) is 2.66. The number of unbranched alkanes of at least 4 members (excludes halogenated alkanes) is 1. The number of nitrogens with one attached hydrogen (secondary N) is 1. The minimum Gasteiger partial charge on any atom is -0.399 e. The second kappa shape index (κ2) is 11.1. The number of nitrogen functional groups attached to an aromatic ring is 1. The number of nitrogens with two attached hydrogens (primary N) is 1. The van der Waals surface area contributed by atoms with Gasteiger partial charge in [0, 0.05) is 32.4 Å². The van der Waals surface area contributed by atoms with Crippen molar-refractivity contribution < 1.29 is 14.3 Å². The molecule has 0 saturated heterocycles. The summed E-state index contributed by atoms with van der Waals surface area (Å²) < 4.78 is 10.2. The van der Waals surface area contributed by atoms with E-state index >= 15 is 0 Å². The van der Waals surface area contributed by atoms with Crippen molar-refractivity contribution in [3.05, 3.63) is 29.8 Å². The molecule has 5 nitrogen and oxygen atoms in total. The summed E-state index contributed by atoms with van der Waals surface area (Å²) in [5.74, 6) is 0.0812. The first-order chi connectivity index (χ1) is 10.2. The van der Waals surface area contributed by atoms with Gasteiger partial charge in [-0.3, -0.25) is 4.79 Å². The number of carbonyl (C=O) groups excluding carboxylic acids is 1. The Bertz CT molecular complexity index is 410. The molecule has 0 aromatic heterocycles. The van der Waals surface area contributed by atoms with Gasteiger partial charge in [-0.05, 0) is 37.0 Å². The summed E-state index contributed by atoms with van der Waals surface area (Å²) in [4.78, 5) is 11.7. The van der Waals surface area contributed by atoms with Gasteiger partial charge in [0.1, 0.15) is 0 Å². The van der Waals surface area contributed by atoms with Gasteiger partial charge in [0.05, 0.1) is 13.2 Å². The third-order valence-corrected chi connectivity index (χ3v) is 3.06. The third-order valence-electron chi connectivity index (χ3n) is 3.06. The molecule has 0 saturated carbocycles. The molecular formula is C16H26N2O3. The van der Waals surface area contributed by atoms with Crippen molar-refractivity contribution in [2.45, 2.75) is 25.7 Å². The molecule has 21 heavy (non-hydrogen) atoms. The standard InChI is InChI=1S/C16H26N2O3/c1-20-11-12-21-10-3-2-9-18-16(19)8-7-14-5-4-6-15(17)13-14/h4-6,13H,2-3,7-12,17H2,1H3,(H,18,19). The van der Waals surface area contributed by atoms with Gasteiger partial charge in [0.15, 0.2) is 0 Å². The van der Waals surface area contributed by atoms with Crippen molar-refractivity contribution in [3.8, 4) is 0 Å². The zero-order valence-corrected chi connectivity index (χ0v) is 12.8. The van der Waals surface area contributed by atoms with E-state index in [1.165, 1.54) is 0 Å². The Balaban J connectivity index is 1.99. The van der Waals surface area contributed by atoms with E-state index in [-0.39, 0.29) is 5.91 Å². The van der Waals surface area contributed by atoms with Gasteiger partial charge in [-0.25, -0.2) is 0 Å². The first kappa shape index (κ1) is 17.5. The van der Waals surface area contributed by atoms with E-state index in [0.29, 0.717) is 32.8 Å². The molecule has 1 aromatic carbocycles. The van der Waals surface area contributed by atoms with Crippen LogP contribution in [-0.4, -0.2) is 39.4 Å². The van der Waals surface area contributed by atoms with Gasteiger partial charge in [0.2, 0.25) is 5.91 Å². The Morgan fingerprint density at radius 3 is 2.86 bits per heavy atom. The van der Waals surface area contributed by atoms with E-state index < -0.39 is 0 Å². The third kappa shape index (κ3) is 9.05. The minimum atomic E-state index is 0.0812. The van der Waals surface area contributed by atoms with E-state index in [1.54, 1.807) is 7.11 Å². The van der Waals surface area contributed by atoms with Gasteiger partial charge in [-0.1, -0.05) is 12.1 Å². The van der Waals surface area contributed by atoms with Crippen molar-refractivity contribution in [2.24, 2.45) is 0 Å². The van der Waals surface area contributed by atoms with Crippen molar-refractivity contribution >= 4 is 11.6 Å². The Hall–Kier alpha value is -1.59. The molecule has 1 amide bonds. The summed E-state index contributed by atoms with van der Waals surface area (Å²) in [6, 6.07) is 7.65. The largest absolute Gasteiger partial charge is 0.399 e. The average molecular weight is 294 g/mol. The summed E-state index contributed by atoms with van der Waals surface area (Å²) in [7, 11) is 1.66. The maximum Gasteiger partial charge on any atom is 0.220 e. The fraction of sp³-hybridized carbons (Fsp3) is 0.562. The van der Waals surface area contributed by atoms with Gasteiger partial charge in [0.25, 0.3) is 0 Å². The summed E-state index contributed by atoms with van der Waals surface area (Å²) in [6.07, 6.45) is 3.08. The number of methoxy groups -OCH3 is 1. The predicted octanol–water partition coefficient (Wildman–Crippen LogP) is 1.76. The smallest absolute Gasteiger partial charge is 0.220 e. The molecule has 0 heterocycles. The number of ether oxygens (including phenoxy) is 2. The number of hydrogen-bond donors (Lipinski definition) is 2. The lowest BCUT2D eigenvalue weighted by molar-refractivity contribution is -0.121. The van der Waals surface area contributed by atoms with Gasteiger partial charge in [-0.2, -0.15) is 0 Å².